The predicted octanol–water partition coefficient (Wildman–Crippen LogP) is 0.969. The summed E-state index contributed by atoms with van der Waals surface area (Å²) in [5.74, 6) is -1.68. The Labute approximate surface area is 182 Å². The number of carbonyl (C=O) groups is 2. The summed E-state index contributed by atoms with van der Waals surface area (Å²) in [5.41, 5.74) is 2.24. The molecule has 0 bridgehead atoms. The molecule has 0 aromatic carbocycles. The number of nitrogens with zero attached hydrogens (tertiary/aromatic N) is 6. The highest BCUT2D eigenvalue weighted by atomic mass is 19.4. The first-order chi connectivity index (χ1) is 15.1. The Bertz CT molecular complexity index is 891. The van der Waals surface area contributed by atoms with Gasteiger partial charge in [0, 0.05) is 70.4 Å². The lowest BCUT2D eigenvalue weighted by Crippen LogP contribution is -2.36. The summed E-state index contributed by atoms with van der Waals surface area (Å²) in [5, 5.41) is 7.12. The summed E-state index contributed by atoms with van der Waals surface area (Å²) in [6.07, 6.45) is 2.84. The van der Waals surface area contributed by atoms with E-state index in [1.165, 1.54) is 6.33 Å². The molecule has 1 aliphatic heterocycles. The number of carboxylic acids is 1. The van der Waals surface area contributed by atoms with E-state index in [1.54, 1.807) is 7.11 Å². The molecule has 0 saturated carbocycles. The van der Waals surface area contributed by atoms with Gasteiger partial charge < -0.3 is 19.3 Å². The molecular formula is C19H25F3N6O4. The molecule has 0 atom stereocenters. The zero-order valence-electron chi connectivity index (χ0n) is 17.7. The van der Waals surface area contributed by atoms with Gasteiger partial charge in [-0.05, 0) is 7.05 Å². The molecule has 3 rings (SSSR count). The second-order valence-corrected chi connectivity index (χ2v) is 7.10. The maximum Gasteiger partial charge on any atom is 0.490 e. The highest BCUT2D eigenvalue weighted by Gasteiger charge is 2.38. The molecule has 1 N–H and O–H groups in total. The third kappa shape index (κ3) is 7.57. The largest absolute Gasteiger partial charge is 0.490 e. The highest BCUT2D eigenvalue weighted by molar-refractivity contribution is 5.77. The minimum absolute atomic E-state index is 0.0380. The van der Waals surface area contributed by atoms with Crippen molar-refractivity contribution in [2.45, 2.75) is 32.2 Å². The van der Waals surface area contributed by atoms with Gasteiger partial charge in [0.1, 0.15) is 18.8 Å². The topological polar surface area (TPSA) is 114 Å². The summed E-state index contributed by atoms with van der Waals surface area (Å²) in [6.45, 7) is 3.85. The SMILES string of the molecule is COCC(=O)N1CCc2ncc(CN(C)Cc3cncnc3)n2CC1.O=C(O)C(F)(F)F. The number of methoxy groups -OCH3 is 1. The summed E-state index contributed by atoms with van der Waals surface area (Å²) in [4.78, 5) is 37.7. The minimum Gasteiger partial charge on any atom is -0.475 e. The fourth-order valence-electron chi connectivity index (χ4n) is 3.14. The molecule has 0 unspecified atom stereocenters. The molecule has 176 valence electrons. The maximum absolute atomic E-state index is 12.0. The molecule has 2 aromatic rings. The van der Waals surface area contributed by atoms with Crippen molar-refractivity contribution in [3.05, 3.63) is 42.0 Å². The highest BCUT2D eigenvalue weighted by Crippen LogP contribution is 2.15. The van der Waals surface area contributed by atoms with Crippen LogP contribution in [0.25, 0.3) is 0 Å². The van der Waals surface area contributed by atoms with Gasteiger partial charge in [0.15, 0.2) is 0 Å². The lowest BCUT2D eigenvalue weighted by Gasteiger charge is -2.20. The van der Waals surface area contributed by atoms with Gasteiger partial charge in [-0.3, -0.25) is 9.69 Å². The van der Waals surface area contributed by atoms with Crippen molar-refractivity contribution in [2.75, 3.05) is 33.9 Å². The average molecular weight is 458 g/mol. The van der Waals surface area contributed by atoms with Crippen LogP contribution in [0, 0.1) is 0 Å². The van der Waals surface area contributed by atoms with Gasteiger partial charge in [-0.15, -0.1) is 0 Å². The van der Waals surface area contributed by atoms with Gasteiger partial charge in [-0.25, -0.2) is 19.7 Å². The molecule has 0 radical (unpaired) electrons. The van der Waals surface area contributed by atoms with Gasteiger partial charge >= 0.3 is 12.1 Å². The Morgan fingerprint density at radius 2 is 1.81 bits per heavy atom. The fourth-order valence-corrected chi connectivity index (χ4v) is 3.14. The predicted molar refractivity (Wildman–Crippen MR) is 105 cm³/mol. The molecule has 0 saturated heterocycles. The third-order valence-electron chi connectivity index (χ3n) is 4.58. The summed E-state index contributed by atoms with van der Waals surface area (Å²) < 4.78 is 38.9. The number of hydrogen-bond donors (Lipinski definition) is 1. The average Bonchev–Trinajstić information content (AvgIpc) is 2.97. The summed E-state index contributed by atoms with van der Waals surface area (Å²) in [7, 11) is 3.62. The van der Waals surface area contributed by atoms with Crippen LogP contribution in [0.3, 0.4) is 0 Å². The van der Waals surface area contributed by atoms with E-state index in [-0.39, 0.29) is 12.5 Å². The number of fused-ring (bicyclic) bond motifs is 1. The van der Waals surface area contributed by atoms with Crippen LogP contribution >= 0.6 is 0 Å². The Kier molecular flexibility index (Phi) is 9.08. The molecule has 0 fully saturated rings. The molecule has 13 heteroatoms. The number of rotatable bonds is 6. The van der Waals surface area contributed by atoms with Crippen LogP contribution in [0.2, 0.25) is 0 Å². The molecule has 3 heterocycles. The molecule has 2 aromatic heterocycles. The number of carboxylic acid groups (broad SMARTS) is 1. The first-order valence-corrected chi connectivity index (χ1v) is 9.64. The van der Waals surface area contributed by atoms with E-state index in [4.69, 9.17) is 14.6 Å². The zero-order valence-corrected chi connectivity index (χ0v) is 17.7. The van der Waals surface area contributed by atoms with E-state index < -0.39 is 12.1 Å². The van der Waals surface area contributed by atoms with Crippen molar-refractivity contribution >= 4 is 11.9 Å². The van der Waals surface area contributed by atoms with E-state index in [1.807, 2.05) is 23.5 Å². The normalized spacial score (nSPS) is 13.8. The number of aliphatic carboxylic acids is 1. The van der Waals surface area contributed by atoms with Crippen molar-refractivity contribution in [2.24, 2.45) is 0 Å². The van der Waals surface area contributed by atoms with Gasteiger partial charge in [0.05, 0.1) is 5.69 Å². The van der Waals surface area contributed by atoms with Crippen LogP contribution in [0.5, 0.6) is 0 Å². The van der Waals surface area contributed by atoms with E-state index in [0.29, 0.717) is 13.1 Å². The van der Waals surface area contributed by atoms with Crippen LogP contribution in [-0.4, -0.2) is 86.3 Å². The number of hydrogen-bond acceptors (Lipinski definition) is 7. The lowest BCUT2D eigenvalue weighted by molar-refractivity contribution is -0.192. The molecular weight excluding hydrogens is 433 g/mol. The number of halogens is 3. The van der Waals surface area contributed by atoms with Crippen molar-refractivity contribution in [3.8, 4) is 0 Å². The van der Waals surface area contributed by atoms with Crippen molar-refractivity contribution in [1.82, 2.24) is 29.3 Å². The number of amides is 1. The number of carbonyl (C=O) groups excluding carboxylic acids is 1. The Morgan fingerprint density at radius 3 is 2.41 bits per heavy atom. The first-order valence-electron chi connectivity index (χ1n) is 9.64. The quantitative estimate of drug-likeness (QED) is 0.681. The summed E-state index contributed by atoms with van der Waals surface area (Å²) >= 11 is 0. The standard InChI is InChI=1S/C17H24N6O2.C2HF3O2/c1-21(10-14-7-18-13-19-8-14)11-15-9-20-16-3-4-22(5-6-23(15)16)17(24)12-25-2;3-2(4,5)1(6)7/h7-9,13H,3-6,10-12H2,1-2H3;(H,6,7). The molecule has 1 aliphatic rings. The van der Waals surface area contributed by atoms with Crippen LogP contribution in [0.4, 0.5) is 13.2 Å². The zero-order chi connectivity index (χ0) is 23.7. The van der Waals surface area contributed by atoms with Crippen LogP contribution < -0.4 is 0 Å². The summed E-state index contributed by atoms with van der Waals surface area (Å²) in [6, 6.07) is 0. The Hall–Kier alpha value is -3.06. The minimum atomic E-state index is -5.08. The van der Waals surface area contributed by atoms with Crippen molar-refractivity contribution < 1.29 is 32.6 Å². The van der Waals surface area contributed by atoms with E-state index in [0.717, 1.165) is 43.1 Å². The van der Waals surface area contributed by atoms with Crippen molar-refractivity contribution in [1.29, 1.82) is 0 Å². The number of ether oxygens (including phenoxy) is 1. The van der Waals surface area contributed by atoms with Crippen molar-refractivity contribution in [3.63, 3.8) is 0 Å². The second kappa shape index (κ2) is 11.5. The number of imidazole rings is 1. The lowest BCUT2D eigenvalue weighted by atomic mass is 10.3. The molecule has 10 nitrogen and oxygen atoms in total. The van der Waals surface area contributed by atoms with E-state index in [2.05, 4.69) is 31.5 Å². The Morgan fingerprint density at radius 1 is 1.16 bits per heavy atom. The first kappa shape index (κ1) is 25.2. The smallest absolute Gasteiger partial charge is 0.475 e. The van der Waals surface area contributed by atoms with Crippen LogP contribution in [0.1, 0.15) is 17.1 Å². The van der Waals surface area contributed by atoms with Crippen LogP contribution in [0.15, 0.2) is 24.9 Å². The molecule has 1 amide bonds. The fraction of sp³-hybridized carbons (Fsp3) is 0.526. The number of aromatic nitrogens is 4. The number of alkyl halides is 3. The molecule has 0 spiro atoms. The van der Waals surface area contributed by atoms with Gasteiger partial charge in [0.25, 0.3) is 0 Å². The van der Waals surface area contributed by atoms with Gasteiger partial charge in [-0.2, -0.15) is 13.2 Å². The van der Waals surface area contributed by atoms with Crippen LogP contribution in [-0.2, 0) is 40.4 Å². The maximum atomic E-state index is 12.0. The Balaban J connectivity index is 0.000000451. The molecule has 0 aliphatic carbocycles. The third-order valence-corrected chi connectivity index (χ3v) is 4.58. The van der Waals surface area contributed by atoms with Gasteiger partial charge in [-0.1, -0.05) is 0 Å². The van der Waals surface area contributed by atoms with E-state index >= 15 is 0 Å². The van der Waals surface area contributed by atoms with E-state index in [9.17, 15) is 18.0 Å². The van der Waals surface area contributed by atoms with Gasteiger partial charge in [0.2, 0.25) is 5.91 Å². The monoisotopic (exact) mass is 458 g/mol. The second-order valence-electron chi connectivity index (χ2n) is 7.10. The molecule has 32 heavy (non-hydrogen) atoms.